The van der Waals surface area contributed by atoms with E-state index in [1.54, 1.807) is 5.38 Å². The van der Waals surface area contributed by atoms with Gasteiger partial charge in [-0.3, -0.25) is 10.1 Å². The lowest BCUT2D eigenvalue weighted by molar-refractivity contribution is 0.101. The average molecular weight is 289 g/mol. The molecule has 1 amide bonds. The van der Waals surface area contributed by atoms with Crippen molar-refractivity contribution in [1.82, 2.24) is 4.98 Å². The van der Waals surface area contributed by atoms with Crippen molar-refractivity contribution >= 4 is 34.0 Å². The summed E-state index contributed by atoms with van der Waals surface area (Å²) in [5.74, 6) is -2.50. The van der Waals surface area contributed by atoms with Crippen LogP contribution in [0.1, 0.15) is 16.1 Å². The molecular weight excluding hydrogens is 282 g/mol. The van der Waals surface area contributed by atoms with Crippen molar-refractivity contribution in [2.75, 3.05) is 5.32 Å². The van der Waals surface area contributed by atoms with Crippen molar-refractivity contribution < 1.29 is 13.6 Å². The molecule has 1 aromatic heterocycles. The van der Waals surface area contributed by atoms with Gasteiger partial charge in [0, 0.05) is 5.38 Å². The quantitative estimate of drug-likeness (QED) is 0.880. The molecule has 0 fully saturated rings. The van der Waals surface area contributed by atoms with Crippen LogP contribution in [-0.2, 0) is 5.88 Å². The van der Waals surface area contributed by atoms with Crippen LogP contribution in [0, 0.1) is 11.6 Å². The molecule has 1 heterocycles. The fourth-order valence-electron chi connectivity index (χ4n) is 1.30. The van der Waals surface area contributed by atoms with E-state index < -0.39 is 23.1 Å². The molecule has 3 nitrogen and oxygen atoms in total. The molecule has 0 aliphatic carbocycles. The molecular formula is C11H7ClF2N2OS. The second kappa shape index (κ2) is 5.41. The van der Waals surface area contributed by atoms with Crippen molar-refractivity contribution in [3.8, 4) is 0 Å². The van der Waals surface area contributed by atoms with Crippen LogP contribution in [0.2, 0.25) is 0 Å². The summed E-state index contributed by atoms with van der Waals surface area (Å²) in [7, 11) is 0. The molecule has 0 spiro atoms. The molecule has 0 bridgehead atoms. The zero-order chi connectivity index (χ0) is 13.1. The van der Waals surface area contributed by atoms with Gasteiger partial charge in [-0.15, -0.1) is 22.9 Å². The molecule has 2 aromatic rings. The van der Waals surface area contributed by atoms with E-state index in [-0.39, 0.29) is 11.0 Å². The Morgan fingerprint density at radius 3 is 2.61 bits per heavy atom. The van der Waals surface area contributed by atoms with E-state index in [0.29, 0.717) is 5.69 Å². The summed E-state index contributed by atoms with van der Waals surface area (Å²) < 4.78 is 26.7. The first kappa shape index (κ1) is 12.9. The van der Waals surface area contributed by atoms with Crippen LogP contribution in [-0.4, -0.2) is 10.9 Å². The number of benzene rings is 1. The normalized spacial score (nSPS) is 10.4. The van der Waals surface area contributed by atoms with Crippen molar-refractivity contribution in [1.29, 1.82) is 0 Å². The molecule has 0 aliphatic heterocycles. The zero-order valence-electron chi connectivity index (χ0n) is 8.91. The lowest BCUT2D eigenvalue weighted by Crippen LogP contribution is -2.15. The number of halogens is 3. The van der Waals surface area contributed by atoms with Gasteiger partial charge in [0.15, 0.2) is 5.13 Å². The van der Waals surface area contributed by atoms with Crippen molar-refractivity contribution in [2.24, 2.45) is 0 Å². The first-order valence-electron chi connectivity index (χ1n) is 4.87. The molecule has 94 valence electrons. The zero-order valence-corrected chi connectivity index (χ0v) is 10.5. The largest absolute Gasteiger partial charge is 0.298 e. The Hall–Kier alpha value is -1.53. The molecule has 18 heavy (non-hydrogen) atoms. The number of thiazole rings is 1. The van der Waals surface area contributed by atoms with E-state index in [2.05, 4.69) is 10.3 Å². The van der Waals surface area contributed by atoms with Gasteiger partial charge in [0.1, 0.15) is 17.2 Å². The van der Waals surface area contributed by atoms with E-state index in [4.69, 9.17) is 11.6 Å². The number of carbonyl (C=O) groups excluding carboxylic acids is 1. The standard InChI is InChI=1S/C11H7ClF2N2OS/c12-4-6-5-18-11(15-6)16-10(17)9-7(13)2-1-3-8(9)14/h1-3,5H,4H2,(H,15,16,17). The fourth-order valence-corrected chi connectivity index (χ4v) is 2.23. The number of amides is 1. The summed E-state index contributed by atoms with van der Waals surface area (Å²) in [6, 6.07) is 3.23. The van der Waals surface area contributed by atoms with Gasteiger partial charge >= 0.3 is 0 Å². The smallest absolute Gasteiger partial charge is 0.263 e. The Balaban J connectivity index is 2.22. The van der Waals surface area contributed by atoms with Crippen molar-refractivity contribution in [3.05, 3.63) is 46.5 Å². The topological polar surface area (TPSA) is 42.0 Å². The maximum absolute atomic E-state index is 13.3. The molecule has 0 atom stereocenters. The minimum atomic E-state index is -0.915. The maximum Gasteiger partial charge on any atom is 0.263 e. The van der Waals surface area contributed by atoms with Crippen LogP contribution < -0.4 is 5.32 Å². The summed E-state index contributed by atoms with van der Waals surface area (Å²) in [5, 5.41) is 4.23. The second-order valence-electron chi connectivity index (χ2n) is 3.33. The lowest BCUT2D eigenvalue weighted by atomic mass is 10.2. The van der Waals surface area contributed by atoms with Crippen LogP contribution in [0.5, 0.6) is 0 Å². The Kier molecular flexibility index (Phi) is 3.88. The maximum atomic E-state index is 13.3. The van der Waals surface area contributed by atoms with Crippen LogP contribution >= 0.6 is 22.9 Å². The van der Waals surface area contributed by atoms with E-state index in [9.17, 15) is 13.6 Å². The highest BCUT2D eigenvalue weighted by Crippen LogP contribution is 2.19. The number of anilines is 1. The molecule has 1 aromatic carbocycles. The molecule has 0 unspecified atom stereocenters. The van der Waals surface area contributed by atoms with E-state index >= 15 is 0 Å². The molecule has 2 rings (SSSR count). The lowest BCUT2D eigenvalue weighted by Gasteiger charge is -2.03. The van der Waals surface area contributed by atoms with Crippen LogP contribution in [0.25, 0.3) is 0 Å². The third-order valence-electron chi connectivity index (χ3n) is 2.10. The average Bonchev–Trinajstić information content (AvgIpc) is 2.76. The summed E-state index contributed by atoms with van der Waals surface area (Å²) in [5.41, 5.74) is -0.0360. The molecule has 0 radical (unpaired) electrons. The van der Waals surface area contributed by atoms with Crippen LogP contribution in [0.15, 0.2) is 23.6 Å². The van der Waals surface area contributed by atoms with Gasteiger partial charge in [-0.05, 0) is 12.1 Å². The molecule has 7 heteroatoms. The number of rotatable bonds is 3. The van der Waals surface area contributed by atoms with Gasteiger partial charge in [-0.2, -0.15) is 0 Å². The first-order valence-corrected chi connectivity index (χ1v) is 6.29. The highest BCUT2D eigenvalue weighted by atomic mass is 35.5. The number of carbonyl (C=O) groups is 1. The summed E-state index contributed by atoms with van der Waals surface area (Å²) in [6.07, 6.45) is 0. The van der Waals surface area contributed by atoms with E-state index in [1.165, 1.54) is 6.07 Å². The van der Waals surface area contributed by atoms with Gasteiger partial charge in [-0.25, -0.2) is 13.8 Å². The molecule has 0 saturated carbocycles. The van der Waals surface area contributed by atoms with Gasteiger partial charge < -0.3 is 0 Å². The van der Waals surface area contributed by atoms with Gasteiger partial charge in [0.2, 0.25) is 0 Å². The fraction of sp³-hybridized carbons (Fsp3) is 0.0909. The highest BCUT2D eigenvalue weighted by molar-refractivity contribution is 7.14. The monoisotopic (exact) mass is 288 g/mol. The third-order valence-corrected chi connectivity index (χ3v) is 3.18. The van der Waals surface area contributed by atoms with E-state index in [1.807, 2.05) is 0 Å². The summed E-state index contributed by atoms with van der Waals surface area (Å²) in [6.45, 7) is 0. The second-order valence-corrected chi connectivity index (χ2v) is 4.45. The molecule has 0 saturated heterocycles. The number of aromatic nitrogens is 1. The number of hydrogen-bond donors (Lipinski definition) is 1. The van der Waals surface area contributed by atoms with Gasteiger partial charge in [-0.1, -0.05) is 6.07 Å². The predicted molar refractivity (Wildman–Crippen MR) is 66.0 cm³/mol. The van der Waals surface area contributed by atoms with Gasteiger partial charge in [0.25, 0.3) is 5.91 Å². The summed E-state index contributed by atoms with van der Waals surface area (Å²) >= 11 is 6.69. The third kappa shape index (κ3) is 2.65. The summed E-state index contributed by atoms with van der Waals surface area (Å²) in [4.78, 5) is 15.7. The SMILES string of the molecule is O=C(Nc1nc(CCl)cs1)c1c(F)cccc1F. The number of nitrogens with zero attached hydrogens (tertiary/aromatic N) is 1. The molecule has 1 N–H and O–H groups in total. The Labute approximate surface area is 110 Å². The van der Waals surface area contributed by atoms with Crippen LogP contribution in [0.4, 0.5) is 13.9 Å². The van der Waals surface area contributed by atoms with Crippen LogP contribution in [0.3, 0.4) is 0 Å². The molecule has 0 aliphatic rings. The minimum Gasteiger partial charge on any atom is -0.298 e. The van der Waals surface area contributed by atoms with Crippen molar-refractivity contribution in [2.45, 2.75) is 5.88 Å². The Morgan fingerprint density at radius 1 is 1.39 bits per heavy atom. The number of alkyl halides is 1. The number of hydrogen-bond acceptors (Lipinski definition) is 3. The minimum absolute atomic E-state index is 0.209. The predicted octanol–water partition coefficient (Wildman–Crippen LogP) is 3.41. The van der Waals surface area contributed by atoms with E-state index in [0.717, 1.165) is 23.5 Å². The number of nitrogens with one attached hydrogen (secondary N) is 1. The Morgan fingerprint density at radius 2 is 2.06 bits per heavy atom. The van der Waals surface area contributed by atoms with Gasteiger partial charge in [0.05, 0.1) is 11.6 Å². The van der Waals surface area contributed by atoms with Crippen molar-refractivity contribution in [3.63, 3.8) is 0 Å². The Bertz CT molecular complexity index is 568. The highest BCUT2D eigenvalue weighted by Gasteiger charge is 2.18. The first-order chi connectivity index (χ1) is 8.61.